The number of benzene rings is 2. The summed E-state index contributed by atoms with van der Waals surface area (Å²) in [5.41, 5.74) is 1.85. The SMILES string of the molecule is Cc1cc(Oc2ccc(Cl)cc2Cl)ccc1CO. The van der Waals surface area contributed by atoms with Gasteiger partial charge in [0.1, 0.15) is 11.5 Å². The third-order valence-electron chi connectivity index (χ3n) is 2.61. The summed E-state index contributed by atoms with van der Waals surface area (Å²) in [6, 6.07) is 10.6. The average Bonchev–Trinajstić information content (AvgIpc) is 2.33. The number of rotatable bonds is 3. The van der Waals surface area contributed by atoms with Crippen LogP contribution in [-0.2, 0) is 6.61 Å². The molecule has 0 aliphatic heterocycles. The zero-order valence-corrected chi connectivity index (χ0v) is 11.3. The van der Waals surface area contributed by atoms with Crippen molar-refractivity contribution in [3.05, 3.63) is 57.6 Å². The van der Waals surface area contributed by atoms with Gasteiger partial charge in [-0.05, 0) is 48.4 Å². The number of hydrogen-bond donors (Lipinski definition) is 1. The third-order valence-corrected chi connectivity index (χ3v) is 3.14. The van der Waals surface area contributed by atoms with Crippen LogP contribution in [0.2, 0.25) is 10.0 Å². The van der Waals surface area contributed by atoms with Crippen LogP contribution >= 0.6 is 23.2 Å². The molecule has 2 aromatic carbocycles. The maximum absolute atomic E-state index is 9.10. The zero-order valence-electron chi connectivity index (χ0n) is 9.78. The van der Waals surface area contributed by atoms with Crippen molar-refractivity contribution in [3.63, 3.8) is 0 Å². The van der Waals surface area contributed by atoms with Crippen LogP contribution in [-0.4, -0.2) is 5.11 Å². The minimum atomic E-state index is 0.0216. The number of aliphatic hydroxyl groups is 1. The molecule has 94 valence electrons. The molecule has 0 aliphatic carbocycles. The second-order valence-corrected chi connectivity index (χ2v) is 4.77. The lowest BCUT2D eigenvalue weighted by atomic mass is 10.1. The van der Waals surface area contributed by atoms with E-state index in [0.29, 0.717) is 21.5 Å². The minimum Gasteiger partial charge on any atom is -0.456 e. The first-order chi connectivity index (χ1) is 8.60. The number of hydrogen-bond acceptors (Lipinski definition) is 2. The quantitative estimate of drug-likeness (QED) is 0.893. The summed E-state index contributed by atoms with van der Waals surface area (Å²) < 4.78 is 5.67. The van der Waals surface area contributed by atoms with Crippen LogP contribution in [0.25, 0.3) is 0 Å². The van der Waals surface area contributed by atoms with Gasteiger partial charge in [0.25, 0.3) is 0 Å². The van der Waals surface area contributed by atoms with E-state index in [2.05, 4.69) is 0 Å². The highest BCUT2D eigenvalue weighted by Crippen LogP contribution is 2.32. The van der Waals surface area contributed by atoms with E-state index in [-0.39, 0.29) is 6.61 Å². The summed E-state index contributed by atoms with van der Waals surface area (Å²) >= 11 is 11.8. The lowest BCUT2D eigenvalue weighted by Gasteiger charge is -2.10. The molecule has 18 heavy (non-hydrogen) atoms. The Morgan fingerprint density at radius 1 is 1.11 bits per heavy atom. The standard InChI is InChI=1S/C14H12Cl2O2/c1-9-6-12(4-2-10(9)8-17)18-14-5-3-11(15)7-13(14)16/h2-7,17H,8H2,1H3. The third kappa shape index (κ3) is 2.96. The fourth-order valence-electron chi connectivity index (χ4n) is 1.59. The number of aryl methyl sites for hydroxylation is 1. The molecule has 0 unspecified atom stereocenters. The molecule has 0 saturated heterocycles. The molecule has 1 N–H and O–H groups in total. The van der Waals surface area contributed by atoms with Gasteiger partial charge in [0.15, 0.2) is 0 Å². The first kappa shape index (κ1) is 13.2. The predicted molar refractivity (Wildman–Crippen MR) is 73.6 cm³/mol. The Balaban J connectivity index is 2.26. The Kier molecular flexibility index (Phi) is 4.12. The predicted octanol–water partition coefficient (Wildman–Crippen LogP) is 4.59. The highest BCUT2D eigenvalue weighted by Gasteiger charge is 2.05. The Bertz CT molecular complexity index is 568. The van der Waals surface area contributed by atoms with E-state index in [1.54, 1.807) is 24.3 Å². The molecular formula is C14H12Cl2O2. The normalized spacial score (nSPS) is 10.4. The Hall–Kier alpha value is -1.22. The first-order valence-electron chi connectivity index (χ1n) is 5.43. The summed E-state index contributed by atoms with van der Waals surface area (Å²) in [5, 5.41) is 10.1. The van der Waals surface area contributed by atoms with Crippen LogP contribution < -0.4 is 4.74 Å². The monoisotopic (exact) mass is 282 g/mol. The highest BCUT2D eigenvalue weighted by atomic mass is 35.5. The maximum Gasteiger partial charge on any atom is 0.146 e. The summed E-state index contributed by atoms with van der Waals surface area (Å²) in [4.78, 5) is 0. The van der Waals surface area contributed by atoms with Gasteiger partial charge in [-0.1, -0.05) is 29.3 Å². The Morgan fingerprint density at radius 2 is 1.89 bits per heavy atom. The molecule has 0 spiro atoms. The molecule has 0 bridgehead atoms. The number of halogens is 2. The second kappa shape index (κ2) is 5.61. The van der Waals surface area contributed by atoms with Gasteiger partial charge in [0, 0.05) is 5.02 Å². The van der Waals surface area contributed by atoms with Crippen molar-refractivity contribution < 1.29 is 9.84 Å². The Labute approximate surface area is 116 Å². The van der Waals surface area contributed by atoms with Crippen LogP contribution in [0, 0.1) is 6.92 Å². The lowest BCUT2D eigenvalue weighted by Crippen LogP contribution is -1.91. The van der Waals surface area contributed by atoms with Gasteiger partial charge >= 0.3 is 0 Å². The van der Waals surface area contributed by atoms with Gasteiger partial charge in [-0.3, -0.25) is 0 Å². The molecule has 4 heteroatoms. The molecule has 0 heterocycles. The van der Waals surface area contributed by atoms with Crippen molar-refractivity contribution in [2.24, 2.45) is 0 Å². The fraction of sp³-hybridized carbons (Fsp3) is 0.143. The van der Waals surface area contributed by atoms with E-state index in [4.69, 9.17) is 33.0 Å². The van der Waals surface area contributed by atoms with Gasteiger partial charge in [-0.2, -0.15) is 0 Å². The van der Waals surface area contributed by atoms with Crippen molar-refractivity contribution in [1.29, 1.82) is 0 Å². The smallest absolute Gasteiger partial charge is 0.146 e. The molecular weight excluding hydrogens is 271 g/mol. The van der Waals surface area contributed by atoms with Crippen LogP contribution in [0.15, 0.2) is 36.4 Å². The molecule has 0 aliphatic rings. The molecule has 0 radical (unpaired) electrons. The average molecular weight is 283 g/mol. The van der Waals surface area contributed by atoms with Crippen molar-refractivity contribution in [2.45, 2.75) is 13.5 Å². The zero-order chi connectivity index (χ0) is 13.1. The molecule has 0 amide bonds. The summed E-state index contributed by atoms with van der Waals surface area (Å²) in [5.74, 6) is 1.23. The summed E-state index contributed by atoms with van der Waals surface area (Å²) in [6.07, 6.45) is 0. The van der Waals surface area contributed by atoms with Crippen molar-refractivity contribution in [1.82, 2.24) is 0 Å². The fourth-order valence-corrected chi connectivity index (χ4v) is 2.04. The van der Waals surface area contributed by atoms with Crippen molar-refractivity contribution >= 4 is 23.2 Å². The van der Waals surface area contributed by atoms with Crippen LogP contribution in [0.3, 0.4) is 0 Å². The molecule has 2 nitrogen and oxygen atoms in total. The second-order valence-electron chi connectivity index (χ2n) is 3.92. The van der Waals surface area contributed by atoms with Gasteiger partial charge in [-0.15, -0.1) is 0 Å². The molecule has 0 fully saturated rings. The molecule has 0 aromatic heterocycles. The largest absolute Gasteiger partial charge is 0.456 e. The molecule has 0 saturated carbocycles. The summed E-state index contributed by atoms with van der Waals surface area (Å²) in [7, 11) is 0. The number of aliphatic hydroxyl groups excluding tert-OH is 1. The maximum atomic E-state index is 9.10. The van der Waals surface area contributed by atoms with Crippen molar-refractivity contribution in [3.8, 4) is 11.5 Å². The van der Waals surface area contributed by atoms with Gasteiger partial charge in [0.2, 0.25) is 0 Å². The van der Waals surface area contributed by atoms with E-state index in [9.17, 15) is 0 Å². The van der Waals surface area contributed by atoms with E-state index in [1.165, 1.54) is 0 Å². The molecule has 0 atom stereocenters. The van der Waals surface area contributed by atoms with Gasteiger partial charge in [-0.25, -0.2) is 0 Å². The van der Waals surface area contributed by atoms with Crippen LogP contribution in [0.1, 0.15) is 11.1 Å². The van der Waals surface area contributed by atoms with Gasteiger partial charge in [0.05, 0.1) is 11.6 Å². The molecule has 2 aromatic rings. The van der Waals surface area contributed by atoms with Crippen LogP contribution in [0.5, 0.6) is 11.5 Å². The highest BCUT2D eigenvalue weighted by molar-refractivity contribution is 6.35. The minimum absolute atomic E-state index is 0.0216. The van der Waals surface area contributed by atoms with E-state index in [0.717, 1.165) is 11.1 Å². The van der Waals surface area contributed by atoms with Crippen molar-refractivity contribution in [2.75, 3.05) is 0 Å². The topological polar surface area (TPSA) is 29.5 Å². The van der Waals surface area contributed by atoms with E-state index in [1.807, 2.05) is 19.1 Å². The van der Waals surface area contributed by atoms with Crippen LogP contribution in [0.4, 0.5) is 0 Å². The summed E-state index contributed by atoms with van der Waals surface area (Å²) in [6.45, 7) is 1.94. The van der Waals surface area contributed by atoms with E-state index < -0.39 is 0 Å². The van der Waals surface area contributed by atoms with E-state index >= 15 is 0 Å². The molecule has 2 rings (SSSR count). The number of ether oxygens (including phenoxy) is 1. The lowest BCUT2D eigenvalue weighted by molar-refractivity contribution is 0.281. The Morgan fingerprint density at radius 3 is 2.50 bits per heavy atom. The first-order valence-corrected chi connectivity index (χ1v) is 6.19. The van der Waals surface area contributed by atoms with Gasteiger partial charge < -0.3 is 9.84 Å².